The van der Waals surface area contributed by atoms with Crippen LogP contribution in [-0.4, -0.2) is 33.4 Å². The average molecular weight is 468 g/mol. The van der Waals surface area contributed by atoms with Gasteiger partial charge < -0.3 is 9.47 Å². The number of hydrogen-bond acceptors (Lipinski definition) is 7. The summed E-state index contributed by atoms with van der Waals surface area (Å²) in [5, 5.41) is 22.8. The molecule has 2 aromatic carbocycles. The molecule has 0 atom stereocenters. The molecule has 1 aromatic heterocycles. The molecule has 0 bridgehead atoms. The number of amides is 1. The molecule has 11 heteroatoms. The minimum Gasteiger partial charge on any atom is -0.366 e. The predicted octanol–water partition coefficient (Wildman–Crippen LogP) is 4.44. The molecule has 10 nitrogen and oxygen atoms in total. The van der Waals surface area contributed by atoms with Crippen LogP contribution >= 0.6 is 11.3 Å². The highest BCUT2D eigenvalue weighted by molar-refractivity contribution is 7.16. The zero-order valence-corrected chi connectivity index (χ0v) is 18.5. The first-order chi connectivity index (χ1) is 15.9. The molecule has 0 aliphatic carbocycles. The number of fused-ring (bicyclic) bond motifs is 1. The zero-order valence-electron chi connectivity index (χ0n) is 17.7. The van der Waals surface area contributed by atoms with Crippen molar-refractivity contribution in [2.75, 3.05) is 18.0 Å². The Morgan fingerprint density at radius 1 is 1.09 bits per heavy atom. The number of carbonyl (C=O) groups is 1. The Labute approximate surface area is 192 Å². The molecule has 2 heterocycles. The van der Waals surface area contributed by atoms with Crippen LogP contribution in [0, 0.1) is 20.2 Å². The maximum absolute atomic E-state index is 12.9. The molecule has 0 N–H and O–H groups in total. The van der Waals surface area contributed by atoms with E-state index in [1.165, 1.54) is 18.2 Å². The molecule has 0 unspecified atom stereocenters. The summed E-state index contributed by atoms with van der Waals surface area (Å²) >= 11 is 1.14. The number of nitro groups is 2. The third kappa shape index (κ3) is 4.53. The lowest BCUT2D eigenvalue weighted by Gasteiger charge is -2.28. The lowest BCUT2D eigenvalue weighted by molar-refractivity contribution is -0.384. The van der Waals surface area contributed by atoms with Crippen LogP contribution in [0.15, 0.2) is 54.0 Å². The topological polar surface area (TPSA) is 124 Å². The normalized spacial score (nSPS) is 14.4. The summed E-state index contributed by atoms with van der Waals surface area (Å²) in [5.41, 5.74) is 1.12. The Morgan fingerprint density at radius 3 is 2.52 bits per heavy atom. The quantitative estimate of drug-likeness (QED) is 0.300. The number of allylic oxidation sites excluding steroid dienone is 1. The molecule has 170 valence electrons. The van der Waals surface area contributed by atoms with Crippen LogP contribution in [0.1, 0.15) is 29.6 Å². The van der Waals surface area contributed by atoms with Gasteiger partial charge >= 0.3 is 0 Å². The van der Waals surface area contributed by atoms with Gasteiger partial charge in [-0.25, -0.2) is 0 Å². The van der Waals surface area contributed by atoms with Crippen LogP contribution in [0.2, 0.25) is 0 Å². The fourth-order valence-corrected chi connectivity index (χ4v) is 4.99. The number of thiazole rings is 1. The van der Waals surface area contributed by atoms with Crippen molar-refractivity contribution in [2.45, 2.75) is 25.8 Å². The second kappa shape index (κ2) is 9.33. The average Bonchev–Trinajstić information content (AvgIpc) is 3.15. The van der Waals surface area contributed by atoms with E-state index >= 15 is 0 Å². The van der Waals surface area contributed by atoms with Gasteiger partial charge in [-0.2, -0.15) is 4.99 Å². The molecule has 4 rings (SSSR count). The van der Waals surface area contributed by atoms with Crippen molar-refractivity contribution in [1.29, 1.82) is 0 Å². The number of nitro benzene ring substituents is 2. The first-order valence-electron chi connectivity index (χ1n) is 10.4. The monoisotopic (exact) mass is 467 g/mol. The van der Waals surface area contributed by atoms with Gasteiger partial charge in [0.1, 0.15) is 5.69 Å². The highest BCUT2D eigenvalue weighted by Gasteiger charge is 2.23. The van der Waals surface area contributed by atoms with E-state index in [2.05, 4.69) is 11.6 Å². The van der Waals surface area contributed by atoms with E-state index in [-0.39, 0.29) is 16.9 Å². The van der Waals surface area contributed by atoms with Gasteiger partial charge in [-0.3, -0.25) is 25.0 Å². The van der Waals surface area contributed by atoms with Crippen LogP contribution in [0.5, 0.6) is 0 Å². The predicted molar refractivity (Wildman–Crippen MR) is 126 cm³/mol. The minimum atomic E-state index is -0.623. The van der Waals surface area contributed by atoms with E-state index in [0.29, 0.717) is 27.3 Å². The van der Waals surface area contributed by atoms with E-state index in [4.69, 9.17) is 0 Å². The van der Waals surface area contributed by atoms with Crippen molar-refractivity contribution in [1.82, 2.24) is 4.57 Å². The summed E-state index contributed by atoms with van der Waals surface area (Å²) in [6.45, 7) is 5.55. The molecular weight excluding hydrogens is 446 g/mol. The lowest BCUT2D eigenvalue weighted by Crippen LogP contribution is -2.30. The lowest BCUT2D eigenvalue weighted by atomic mass is 10.1. The maximum atomic E-state index is 12.9. The summed E-state index contributed by atoms with van der Waals surface area (Å²) in [4.78, 5) is 41.3. The molecule has 0 radical (unpaired) electrons. The van der Waals surface area contributed by atoms with Gasteiger partial charge in [0.25, 0.3) is 17.3 Å². The highest BCUT2D eigenvalue weighted by Crippen LogP contribution is 2.31. The Balaban J connectivity index is 1.76. The highest BCUT2D eigenvalue weighted by atomic mass is 32.1. The third-order valence-corrected chi connectivity index (χ3v) is 6.54. The first-order valence-corrected chi connectivity index (χ1v) is 11.2. The second-order valence-electron chi connectivity index (χ2n) is 7.62. The fourth-order valence-electron chi connectivity index (χ4n) is 3.92. The van der Waals surface area contributed by atoms with Crippen molar-refractivity contribution in [3.8, 4) is 0 Å². The fraction of sp³-hybridized carbons (Fsp3) is 0.273. The Morgan fingerprint density at radius 2 is 1.85 bits per heavy atom. The molecule has 3 aromatic rings. The molecule has 1 saturated heterocycles. The number of rotatable bonds is 6. The summed E-state index contributed by atoms with van der Waals surface area (Å²) in [6, 6.07) is 8.86. The number of non-ortho nitro benzene ring substituents is 1. The SMILES string of the molecule is C=CCn1c(=NC(=O)c2ccc(N3CCCCC3)c([N+](=O)[O-])c2)sc2cc([N+](=O)[O-])ccc21. The van der Waals surface area contributed by atoms with Gasteiger partial charge in [0.05, 0.1) is 20.1 Å². The zero-order chi connectivity index (χ0) is 23.5. The Bertz CT molecular complexity index is 1340. The van der Waals surface area contributed by atoms with E-state index < -0.39 is 15.8 Å². The van der Waals surface area contributed by atoms with Crippen molar-refractivity contribution < 1.29 is 14.6 Å². The van der Waals surface area contributed by atoms with Gasteiger partial charge in [-0.05, 0) is 37.5 Å². The van der Waals surface area contributed by atoms with Crippen molar-refractivity contribution in [3.05, 3.63) is 79.6 Å². The number of anilines is 1. The van der Waals surface area contributed by atoms with Gasteiger partial charge in [-0.15, -0.1) is 6.58 Å². The van der Waals surface area contributed by atoms with E-state index in [1.54, 1.807) is 28.8 Å². The van der Waals surface area contributed by atoms with Gasteiger partial charge in [0.2, 0.25) is 0 Å². The van der Waals surface area contributed by atoms with Crippen LogP contribution in [0.25, 0.3) is 10.2 Å². The van der Waals surface area contributed by atoms with Gasteiger partial charge in [0.15, 0.2) is 4.80 Å². The van der Waals surface area contributed by atoms with Crippen LogP contribution in [0.4, 0.5) is 17.1 Å². The molecule has 1 fully saturated rings. The van der Waals surface area contributed by atoms with Crippen LogP contribution < -0.4 is 9.70 Å². The largest absolute Gasteiger partial charge is 0.366 e. The number of aromatic nitrogens is 1. The van der Waals surface area contributed by atoms with Gasteiger partial charge in [0, 0.05) is 43.4 Å². The summed E-state index contributed by atoms with van der Waals surface area (Å²) in [7, 11) is 0. The van der Waals surface area contributed by atoms with Crippen molar-refractivity contribution in [2.24, 2.45) is 4.99 Å². The van der Waals surface area contributed by atoms with Crippen LogP contribution in [-0.2, 0) is 6.54 Å². The van der Waals surface area contributed by atoms with Crippen molar-refractivity contribution >= 4 is 44.5 Å². The molecule has 33 heavy (non-hydrogen) atoms. The Kier molecular flexibility index (Phi) is 6.31. The van der Waals surface area contributed by atoms with E-state index in [1.807, 2.05) is 4.90 Å². The number of piperidine rings is 1. The standard InChI is InChI=1S/C22H21N5O5S/c1-2-10-25-18-9-7-16(26(29)30)14-20(18)33-22(25)23-21(28)15-6-8-17(19(13-15)27(31)32)24-11-4-3-5-12-24/h2,6-9,13-14H,1,3-5,10-12H2. The molecule has 1 aliphatic rings. The van der Waals surface area contributed by atoms with E-state index in [9.17, 15) is 25.0 Å². The first kappa shape index (κ1) is 22.3. The number of benzene rings is 2. The second-order valence-corrected chi connectivity index (χ2v) is 8.63. The minimum absolute atomic E-state index is 0.0590. The third-order valence-electron chi connectivity index (χ3n) is 5.50. The van der Waals surface area contributed by atoms with Crippen LogP contribution in [0.3, 0.4) is 0 Å². The molecule has 1 amide bonds. The number of nitrogens with zero attached hydrogens (tertiary/aromatic N) is 5. The molecular formula is C22H21N5O5S. The summed E-state index contributed by atoms with van der Waals surface area (Å²) in [5.74, 6) is -0.623. The van der Waals surface area contributed by atoms with Gasteiger partial charge in [-0.1, -0.05) is 17.4 Å². The number of hydrogen-bond donors (Lipinski definition) is 0. The number of carbonyl (C=O) groups excluding carboxylic acids is 1. The molecule has 1 aliphatic heterocycles. The molecule has 0 saturated carbocycles. The Hall–Kier alpha value is -3.86. The summed E-state index contributed by atoms with van der Waals surface area (Å²) in [6.07, 6.45) is 4.68. The smallest absolute Gasteiger partial charge is 0.293 e. The summed E-state index contributed by atoms with van der Waals surface area (Å²) < 4.78 is 2.33. The van der Waals surface area contributed by atoms with E-state index in [0.717, 1.165) is 43.7 Å². The van der Waals surface area contributed by atoms with Crippen molar-refractivity contribution in [3.63, 3.8) is 0 Å². The molecule has 0 spiro atoms. The maximum Gasteiger partial charge on any atom is 0.293 e.